The van der Waals surface area contributed by atoms with E-state index in [-0.39, 0.29) is 12.0 Å². The molecule has 3 nitrogen and oxygen atoms in total. The van der Waals surface area contributed by atoms with Crippen molar-refractivity contribution in [1.29, 1.82) is 0 Å². The summed E-state index contributed by atoms with van der Waals surface area (Å²) in [6, 6.07) is 2.26. The second-order valence-electron chi connectivity index (χ2n) is 4.77. The lowest BCUT2D eigenvalue weighted by molar-refractivity contribution is 0.405. The number of rotatable bonds is 4. The molecule has 0 bridgehead atoms. The first-order chi connectivity index (χ1) is 8.43. The van der Waals surface area contributed by atoms with Gasteiger partial charge in [0.25, 0.3) is 0 Å². The fourth-order valence-corrected chi connectivity index (χ4v) is 6.40. The minimum absolute atomic E-state index is 0.153. The first-order valence-electron chi connectivity index (χ1n) is 6.12. The largest absolute Gasteiger partial charge is 0.309 e. The highest BCUT2D eigenvalue weighted by atomic mass is 79.9. The van der Waals surface area contributed by atoms with Crippen molar-refractivity contribution in [3.8, 4) is 0 Å². The second kappa shape index (κ2) is 5.61. The predicted octanol–water partition coefficient (Wildman–Crippen LogP) is 2.90. The van der Waals surface area contributed by atoms with Gasteiger partial charge in [0.15, 0.2) is 9.84 Å². The van der Waals surface area contributed by atoms with Gasteiger partial charge in [-0.15, -0.1) is 11.3 Å². The Balaban J connectivity index is 2.26. The number of sulfone groups is 1. The Morgan fingerprint density at radius 3 is 2.78 bits per heavy atom. The highest BCUT2D eigenvalue weighted by molar-refractivity contribution is 9.10. The summed E-state index contributed by atoms with van der Waals surface area (Å²) in [6.45, 7) is 4.99. The van der Waals surface area contributed by atoms with Crippen LogP contribution in [0.3, 0.4) is 0 Å². The van der Waals surface area contributed by atoms with Crippen LogP contribution in [0.5, 0.6) is 0 Å². The van der Waals surface area contributed by atoms with Crippen LogP contribution in [-0.4, -0.2) is 26.5 Å². The van der Waals surface area contributed by atoms with Gasteiger partial charge in [0, 0.05) is 20.3 Å². The molecule has 0 radical (unpaired) electrons. The van der Waals surface area contributed by atoms with E-state index < -0.39 is 9.84 Å². The summed E-state index contributed by atoms with van der Waals surface area (Å²) in [7, 11) is -2.82. The van der Waals surface area contributed by atoms with Gasteiger partial charge in [0.05, 0.1) is 11.5 Å². The molecule has 0 aliphatic carbocycles. The number of hydrogen-bond donors (Lipinski definition) is 1. The smallest absolute Gasteiger partial charge is 0.150 e. The van der Waals surface area contributed by atoms with Crippen molar-refractivity contribution in [2.75, 3.05) is 18.1 Å². The van der Waals surface area contributed by atoms with Crippen LogP contribution in [0.15, 0.2) is 10.5 Å². The first-order valence-corrected chi connectivity index (χ1v) is 9.55. The van der Waals surface area contributed by atoms with Gasteiger partial charge in [-0.2, -0.15) is 0 Å². The molecule has 1 aliphatic heterocycles. The summed E-state index contributed by atoms with van der Waals surface area (Å²) in [5.74, 6) is 0.847. The van der Waals surface area contributed by atoms with E-state index in [0.29, 0.717) is 11.5 Å². The van der Waals surface area contributed by atoms with E-state index >= 15 is 0 Å². The normalized spacial score (nSPS) is 24.3. The molecule has 2 unspecified atom stereocenters. The van der Waals surface area contributed by atoms with Crippen molar-refractivity contribution in [3.63, 3.8) is 0 Å². The SMILES string of the molecule is CCNC(c1sc(C)cc1Br)C1CCS(=O)(=O)C1. The summed E-state index contributed by atoms with van der Waals surface area (Å²) in [6.07, 6.45) is 0.767. The van der Waals surface area contributed by atoms with Crippen molar-refractivity contribution in [2.24, 2.45) is 5.92 Å². The predicted molar refractivity (Wildman–Crippen MR) is 79.9 cm³/mol. The van der Waals surface area contributed by atoms with Crippen LogP contribution in [0.25, 0.3) is 0 Å². The summed E-state index contributed by atoms with van der Waals surface area (Å²) in [5.41, 5.74) is 0. The van der Waals surface area contributed by atoms with E-state index in [4.69, 9.17) is 0 Å². The van der Waals surface area contributed by atoms with Gasteiger partial charge in [-0.05, 0) is 47.8 Å². The average Bonchev–Trinajstić information content (AvgIpc) is 2.78. The molecule has 1 N–H and O–H groups in total. The van der Waals surface area contributed by atoms with Gasteiger partial charge in [0.1, 0.15) is 0 Å². The van der Waals surface area contributed by atoms with Gasteiger partial charge >= 0.3 is 0 Å². The molecule has 2 heterocycles. The second-order valence-corrected chi connectivity index (χ2v) is 9.14. The Labute approximate surface area is 121 Å². The monoisotopic (exact) mass is 351 g/mol. The molecular weight excluding hydrogens is 334 g/mol. The summed E-state index contributed by atoms with van der Waals surface area (Å²) in [5, 5.41) is 3.45. The minimum atomic E-state index is -2.82. The molecule has 2 rings (SSSR count). The topological polar surface area (TPSA) is 46.2 Å². The molecule has 1 aromatic heterocycles. The van der Waals surface area contributed by atoms with Crippen LogP contribution in [0.4, 0.5) is 0 Å². The maximum atomic E-state index is 11.6. The van der Waals surface area contributed by atoms with Crippen LogP contribution in [0.2, 0.25) is 0 Å². The third kappa shape index (κ3) is 3.15. The Morgan fingerprint density at radius 2 is 2.33 bits per heavy atom. The molecule has 1 fully saturated rings. The van der Waals surface area contributed by atoms with Gasteiger partial charge in [-0.1, -0.05) is 6.92 Å². The van der Waals surface area contributed by atoms with Gasteiger partial charge < -0.3 is 5.32 Å². The van der Waals surface area contributed by atoms with Crippen LogP contribution in [-0.2, 0) is 9.84 Å². The maximum Gasteiger partial charge on any atom is 0.150 e. The van der Waals surface area contributed by atoms with Crippen molar-refractivity contribution in [1.82, 2.24) is 5.32 Å². The lowest BCUT2D eigenvalue weighted by Gasteiger charge is -2.23. The number of aryl methyl sites for hydroxylation is 1. The van der Waals surface area contributed by atoms with E-state index in [1.54, 1.807) is 11.3 Å². The summed E-state index contributed by atoms with van der Waals surface area (Å²) >= 11 is 5.33. The zero-order chi connectivity index (χ0) is 13.3. The van der Waals surface area contributed by atoms with Gasteiger partial charge in [-0.3, -0.25) is 0 Å². The lowest BCUT2D eigenvalue weighted by Crippen LogP contribution is -2.28. The summed E-state index contributed by atoms with van der Waals surface area (Å²) < 4.78 is 24.4. The Bertz CT molecular complexity index is 524. The van der Waals surface area contributed by atoms with Crippen LogP contribution in [0, 0.1) is 12.8 Å². The van der Waals surface area contributed by atoms with E-state index in [1.807, 2.05) is 0 Å². The fraction of sp³-hybridized carbons (Fsp3) is 0.667. The molecule has 0 saturated carbocycles. The molecule has 0 aromatic carbocycles. The lowest BCUT2D eigenvalue weighted by atomic mass is 9.98. The quantitative estimate of drug-likeness (QED) is 0.906. The Kier molecular flexibility index (Phi) is 4.52. The molecule has 2 atom stereocenters. The molecule has 102 valence electrons. The van der Waals surface area contributed by atoms with Crippen molar-refractivity contribution < 1.29 is 8.42 Å². The van der Waals surface area contributed by atoms with Gasteiger partial charge in [0.2, 0.25) is 0 Å². The molecule has 1 aromatic rings. The number of halogens is 1. The van der Waals surface area contributed by atoms with Crippen LogP contribution in [0.1, 0.15) is 29.1 Å². The van der Waals surface area contributed by atoms with E-state index in [2.05, 4.69) is 41.2 Å². The minimum Gasteiger partial charge on any atom is -0.309 e. The van der Waals surface area contributed by atoms with Crippen molar-refractivity contribution >= 4 is 37.1 Å². The van der Waals surface area contributed by atoms with E-state index in [9.17, 15) is 8.42 Å². The van der Waals surface area contributed by atoms with Crippen molar-refractivity contribution in [2.45, 2.75) is 26.3 Å². The highest BCUT2D eigenvalue weighted by Crippen LogP contribution is 2.39. The number of nitrogens with one attached hydrogen (secondary N) is 1. The molecule has 1 saturated heterocycles. The Morgan fingerprint density at radius 1 is 1.61 bits per heavy atom. The number of thiophene rings is 1. The van der Waals surface area contributed by atoms with Crippen LogP contribution < -0.4 is 5.32 Å². The van der Waals surface area contributed by atoms with Gasteiger partial charge in [-0.25, -0.2) is 8.42 Å². The Hall–Kier alpha value is 0.0900. The molecule has 18 heavy (non-hydrogen) atoms. The molecule has 0 spiro atoms. The summed E-state index contributed by atoms with van der Waals surface area (Å²) in [4.78, 5) is 2.48. The van der Waals surface area contributed by atoms with Crippen LogP contribution >= 0.6 is 27.3 Å². The molecule has 1 aliphatic rings. The van der Waals surface area contributed by atoms with E-state index in [1.165, 1.54) is 9.75 Å². The molecule has 6 heteroatoms. The molecular formula is C12H18BrNO2S2. The highest BCUT2D eigenvalue weighted by Gasteiger charge is 2.35. The third-order valence-corrected chi connectivity index (χ3v) is 7.13. The number of hydrogen-bond acceptors (Lipinski definition) is 4. The zero-order valence-corrected chi connectivity index (χ0v) is 13.8. The standard InChI is InChI=1S/C12H18BrNO2S2/c1-3-14-11(9-4-5-18(15,16)7-9)12-10(13)6-8(2)17-12/h6,9,11,14H,3-5,7H2,1-2H3. The van der Waals surface area contributed by atoms with E-state index in [0.717, 1.165) is 17.4 Å². The third-order valence-electron chi connectivity index (χ3n) is 3.28. The fourth-order valence-electron chi connectivity index (χ4n) is 2.49. The maximum absolute atomic E-state index is 11.6. The molecule has 0 amide bonds. The zero-order valence-electron chi connectivity index (χ0n) is 10.6. The average molecular weight is 352 g/mol. The first kappa shape index (κ1) is 14.5. The van der Waals surface area contributed by atoms with Crippen molar-refractivity contribution in [3.05, 3.63) is 20.3 Å².